The summed E-state index contributed by atoms with van der Waals surface area (Å²) in [6, 6.07) is 36.4. The van der Waals surface area contributed by atoms with Gasteiger partial charge in [0, 0.05) is 6.07 Å². The minimum atomic E-state index is -2.15. The van der Waals surface area contributed by atoms with Crippen molar-refractivity contribution in [2.45, 2.75) is 33.7 Å². The van der Waals surface area contributed by atoms with Crippen molar-refractivity contribution in [2.24, 2.45) is 7.05 Å². The van der Waals surface area contributed by atoms with E-state index in [9.17, 15) is 0 Å². The molecular formula is C33H34NSi+. The van der Waals surface area contributed by atoms with Crippen LogP contribution in [0.3, 0.4) is 0 Å². The van der Waals surface area contributed by atoms with Crippen molar-refractivity contribution in [1.29, 1.82) is 0 Å². The molecule has 0 aliphatic carbocycles. The second-order valence-electron chi connectivity index (χ2n) is 9.87. The highest BCUT2D eigenvalue weighted by Crippen LogP contribution is 2.30. The van der Waals surface area contributed by atoms with Crippen LogP contribution in [0.1, 0.15) is 23.6 Å². The van der Waals surface area contributed by atoms with Crippen molar-refractivity contribution in [2.75, 3.05) is 0 Å². The first-order chi connectivity index (χ1) is 16.9. The second kappa shape index (κ2) is 9.28. The van der Waals surface area contributed by atoms with Crippen LogP contribution in [0.25, 0.3) is 22.0 Å². The highest BCUT2D eigenvalue weighted by molar-refractivity contribution is 7.10. The van der Waals surface area contributed by atoms with E-state index in [-0.39, 0.29) is 0 Å². The molecule has 0 unspecified atom stereocenters. The molecule has 0 bridgehead atoms. The maximum Gasteiger partial charge on any atom is 0.220 e. The zero-order valence-corrected chi connectivity index (χ0v) is 22.5. The van der Waals surface area contributed by atoms with Crippen LogP contribution in [0, 0.1) is 13.8 Å². The van der Waals surface area contributed by atoms with Gasteiger partial charge in [0.25, 0.3) is 0 Å². The number of aromatic nitrogens is 1. The third-order valence-corrected chi connectivity index (χ3v) is 12.2. The van der Waals surface area contributed by atoms with Crippen molar-refractivity contribution in [3.05, 3.63) is 120 Å². The molecule has 0 atom stereocenters. The highest BCUT2D eigenvalue weighted by Gasteiger charge is 2.34. The van der Waals surface area contributed by atoms with Gasteiger partial charge in [0.2, 0.25) is 5.69 Å². The smallest absolute Gasteiger partial charge is 0.200 e. The Labute approximate surface area is 210 Å². The first kappa shape index (κ1) is 23.3. The molecule has 35 heavy (non-hydrogen) atoms. The van der Waals surface area contributed by atoms with Crippen molar-refractivity contribution >= 4 is 34.4 Å². The zero-order valence-electron chi connectivity index (χ0n) is 21.5. The summed E-state index contributed by atoms with van der Waals surface area (Å²) >= 11 is 0. The van der Waals surface area contributed by atoms with E-state index in [0.29, 0.717) is 0 Å². The Bertz CT molecular complexity index is 1460. The van der Waals surface area contributed by atoms with E-state index in [1.165, 1.54) is 54.3 Å². The molecule has 0 aliphatic rings. The van der Waals surface area contributed by atoms with Crippen molar-refractivity contribution in [3.63, 3.8) is 0 Å². The number of nitrogens with zero attached hydrogens (tertiary/aromatic N) is 1. The van der Waals surface area contributed by atoms with E-state index in [1.54, 1.807) is 0 Å². The third-order valence-electron chi connectivity index (χ3n) is 7.81. The highest BCUT2D eigenvalue weighted by atomic mass is 28.3. The molecular weight excluding hydrogens is 438 g/mol. The molecule has 5 rings (SSSR count). The Morgan fingerprint density at radius 2 is 1.34 bits per heavy atom. The van der Waals surface area contributed by atoms with Gasteiger partial charge in [-0.25, -0.2) is 4.57 Å². The lowest BCUT2D eigenvalue weighted by atomic mass is 9.93. The summed E-state index contributed by atoms with van der Waals surface area (Å²) in [6.45, 7) is 9.22. The summed E-state index contributed by atoms with van der Waals surface area (Å²) in [5, 5.41) is 6.94. The fraction of sp³-hybridized carbons (Fsp3) is 0.182. The molecule has 0 radical (unpaired) electrons. The normalized spacial score (nSPS) is 11.7. The predicted molar refractivity (Wildman–Crippen MR) is 153 cm³/mol. The van der Waals surface area contributed by atoms with Crippen LogP contribution in [0.15, 0.2) is 103 Å². The van der Waals surface area contributed by atoms with Crippen LogP contribution in [-0.4, -0.2) is 8.07 Å². The lowest BCUT2D eigenvalue weighted by Crippen LogP contribution is -2.64. The SMILES string of the molecule is CCc1cc(C)c(C)c(-c2c3ccc([Si](C)(c4ccccc4)c4ccccc4)cc3cc[n+]2C)c1. The van der Waals surface area contributed by atoms with E-state index in [4.69, 9.17) is 0 Å². The molecule has 1 heterocycles. The van der Waals surface area contributed by atoms with Crippen molar-refractivity contribution in [3.8, 4) is 11.3 Å². The number of pyridine rings is 1. The molecule has 0 fully saturated rings. The maximum absolute atomic E-state index is 2.49. The number of rotatable bonds is 5. The lowest BCUT2D eigenvalue weighted by molar-refractivity contribution is -0.659. The molecule has 1 nitrogen and oxygen atoms in total. The molecule has 0 amide bonds. The average Bonchev–Trinajstić information content (AvgIpc) is 2.90. The van der Waals surface area contributed by atoms with Crippen LogP contribution in [0.4, 0.5) is 0 Å². The van der Waals surface area contributed by atoms with E-state index < -0.39 is 8.07 Å². The molecule has 0 spiro atoms. The van der Waals surface area contributed by atoms with E-state index in [1.807, 2.05) is 0 Å². The number of fused-ring (bicyclic) bond motifs is 1. The van der Waals surface area contributed by atoms with Gasteiger partial charge in [0.1, 0.15) is 15.1 Å². The van der Waals surface area contributed by atoms with Gasteiger partial charge in [-0.1, -0.05) is 92.3 Å². The minimum absolute atomic E-state index is 1.05. The summed E-state index contributed by atoms with van der Waals surface area (Å²) in [5.41, 5.74) is 6.76. The van der Waals surface area contributed by atoms with Gasteiger partial charge in [-0.05, 0) is 70.0 Å². The molecule has 0 saturated heterocycles. The van der Waals surface area contributed by atoms with Gasteiger partial charge in [0.15, 0.2) is 6.20 Å². The lowest BCUT2D eigenvalue weighted by Gasteiger charge is -2.29. The summed E-state index contributed by atoms with van der Waals surface area (Å²) < 4.78 is 2.29. The number of aryl methyl sites for hydroxylation is 3. The van der Waals surface area contributed by atoms with Crippen LogP contribution in [-0.2, 0) is 13.5 Å². The fourth-order valence-electron chi connectivity index (χ4n) is 5.45. The van der Waals surface area contributed by atoms with E-state index in [2.05, 4.69) is 142 Å². The summed E-state index contributed by atoms with van der Waals surface area (Å²) in [5.74, 6) is 0. The molecule has 0 N–H and O–H groups in total. The predicted octanol–water partition coefficient (Wildman–Crippen LogP) is 5.61. The topological polar surface area (TPSA) is 3.88 Å². The maximum atomic E-state index is 2.49. The van der Waals surface area contributed by atoms with Gasteiger partial charge in [-0.15, -0.1) is 0 Å². The Kier molecular flexibility index (Phi) is 6.17. The fourth-order valence-corrected chi connectivity index (χ4v) is 9.03. The zero-order chi connectivity index (χ0) is 24.6. The van der Waals surface area contributed by atoms with Gasteiger partial charge in [0.05, 0.1) is 10.9 Å². The third kappa shape index (κ3) is 4.02. The number of benzene rings is 4. The van der Waals surface area contributed by atoms with E-state index >= 15 is 0 Å². The molecule has 0 aliphatic heterocycles. The summed E-state index contributed by atoms with van der Waals surface area (Å²) in [7, 11) is 0.0229. The largest absolute Gasteiger partial charge is 0.220 e. The molecule has 2 heteroatoms. The Morgan fingerprint density at radius 1 is 0.714 bits per heavy atom. The van der Waals surface area contributed by atoms with Gasteiger partial charge in [-0.2, -0.15) is 0 Å². The van der Waals surface area contributed by atoms with Crippen molar-refractivity contribution < 1.29 is 4.57 Å². The van der Waals surface area contributed by atoms with Crippen LogP contribution in [0.2, 0.25) is 6.55 Å². The quantitative estimate of drug-likeness (QED) is 0.178. The number of hydrogen-bond donors (Lipinski definition) is 0. The minimum Gasteiger partial charge on any atom is -0.200 e. The molecule has 1 aromatic heterocycles. The first-order valence-corrected chi connectivity index (χ1v) is 15.1. The average molecular weight is 473 g/mol. The number of hydrogen-bond acceptors (Lipinski definition) is 0. The van der Waals surface area contributed by atoms with Crippen LogP contribution in [0.5, 0.6) is 0 Å². The molecule has 174 valence electrons. The van der Waals surface area contributed by atoms with Crippen LogP contribution < -0.4 is 20.1 Å². The van der Waals surface area contributed by atoms with E-state index in [0.717, 1.165) is 6.42 Å². The van der Waals surface area contributed by atoms with Gasteiger partial charge < -0.3 is 0 Å². The van der Waals surface area contributed by atoms with Crippen LogP contribution >= 0.6 is 0 Å². The Balaban J connectivity index is 1.76. The molecule has 5 aromatic rings. The Morgan fingerprint density at radius 3 is 1.94 bits per heavy atom. The molecule has 0 saturated carbocycles. The van der Waals surface area contributed by atoms with Gasteiger partial charge >= 0.3 is 0 Å². The monoisotopic (exact) mass is 472 g/mol. The summed E-state index contributed by atoms with van der Waals surface area (Å²) in [6.07, 6.45) is 3.27. The second-order valence-corrected chi connectivity index (χ2v) is 13.9. The first-order valence-electron chi connectivity index (χ1n) is 12.6. The molecule has 4 aromatic carbocycles. The standard InChI is InChI=1S/C33H34NSi/c1-6-26-21-24(2)25(3)32(22-26)33-31-18-17-30(23-27(31)19-20-34(33)4)35(5,28-13-9-7-10-14-28)29-15-11-8-12-16-29/h7-23H,6H2,1-5H3/q+1. The van der Waals surface area contributed by atoms with Gasteiger partial charge in [-0.3, -0.25) is 0 Å². The summed E-state index contributed by atoms with van der Waals surface area (Å²) in [4.78, 5) is 0. The van der Waals surface area contributed by atoms with Crippen molar-refractivity contribution in [1.82, 2.24) is 0 Å². The Hall–Kier alpha value is -3.49.